The molecule has 0 unspecified atom stereocenters. The van der Waals surface area contributed by atoms with Crippen LogP contribution in [0.5, 0.6) is 0 Å². The number of unbranched alkanes of at least 4 members (excludes halogenated alkanes) is 1. The molecule has 0 aliphatic carbocycles. The van der Waals surface area contributed by atoms with Crippen LogP contribution >= 0.6 is 11.8 Å². The van der Waals surface area contributed by atoms with Gasteiger partial charge in [0.25, 0.3) is 0 Å². The van der Waals surface area contributed by atoms with Gasteiger partial charge in [-0.3, -0.25) is 0 Å². The van der Waals surface area contributed by atoms with Gasteiger partial charge in [-0.05, 0) is 37.3 Å². The lowest BCUT2D eigenvalue weighted by atomic mass is 10.4. The fraction of sp³-hybridized carbons (Fsp3) is 1.00. The second kappa shape index (κ2) is 9.27. The van der Waals surface area contributed by atoms with Gasteiger partial charge in [-0.15, -0.1) is 0 Å². The summed E-state index contributed by atoms with van der Waals surface area (Å²) >= 11 is 1.93. The molecule has 0 saturated heterocycles. The van der Waals surface area contributed by atoms with Gasteiger partial charge in [0.1, 0.15) is 0 Å². The van der Waals surface area contributed by atoms with Crippen molar-refractivity contribution in [3.05, 3.63) is 0 Å². The van der Waals surface area contributed by atoms with Gasteiger partial charge in [0.2, 0.25) is 0 Å². The van der Waals surface area contributed by atoms with Gasteiger partial charge < -0.3 is 10.8 Å². The molecule has 2 nitrogen and oxygen atoms in total. The molecule has 0 aromatic heterocycles. The van der Waals surface area contributed by atoms with E-state index in [-0.39, 0.29) is 0 Å². The number of hydrogen-bond acceptors (Lipinski definition) is 3. The predicted octanol–water partition coefficient (Wildman–Crippen LogP) is 0.841. The molecule has 0 saturated carbocycles. The SMILES string of the molecule is NCCCSCCCCO. The fourth-order valence-corrected chi connectivity index (χ4v) is 1.59. The summed E-state index contributed by atoms with van der Waals surface area (Å²) in [7, 11) is 0. The molecule has 0 atom stereocenters. The molecule has 0 spiro atoms. The topological polar surface area (TPSA) is 46.2 Å². The maximum atomic E-state index is 8.44. The first-order valence-corrected chi connectivity index (χ1v) is 4.96. The lowest BCUT2D eigenvalue weighted by Gasteiger charge is -1.97. The predicted molar refractivity (Wildman–Crippen MR) is 47.3 cm³/mol. The first-order chi connectivity index (χ1) is 4.91. The average Bonchev–Trinajstić information content (AvgIpc) is 1.97. The standard InChI is InChI=1S/C7H17NOS/c8-4-3-7-10-6-2-1-5-9/h9H,1-8H2. The van der Waals surface area contributed by atoms with Gasteiger partial charge in [-0.25, -0.2) is 0 Å². The van der Waals surface area contributed by atoms with Crippen molar-refractivity contribution in [1.29, 1.82) is 0 Å². The van der Waals surface area contributed by atoms with Crippen molar-refractivity contribution in [2.75, 3.05) is 24.7 Å². The molecule has 0 bridgehead atoms. The minimum Gasteiger partial charge on any atom is -0.396 e. The zero-order valence-corrected chi connectivity index (χ0v) is 7.20. The molecule has 62 valence electrons. The molecule has 0 radical (unpaired) electrons. The molecule has 10 heavy (non-hydrogen) atoms. The monoisotopic (exact) mass is 163 g/mol. The van der Waals surface area contributed by atoms with Gasteiger partial charge in [0.15, 0.2) is 0 Å². The van der Waals surface area contributed by atoms with Crippen LogP contribution in [0.25, 0.3) is 0 Å². The third kappa shape index (κ3) is 8.27. The van der Waals surface area contributed by atoms with Crippen LogP contribution in [-0.4, -0.2) is 29.8 Å². The summed E-state index contributed by atoms with van der Waals surface area (Å²) in [5, 5.41) is 8.44. The summed E-state index contributed by atoms with van der Waals surface area (Å²) in [6.45, 7) is 1.13. The molecule has 0 aliphatic rings. The second-order valence-electron chi connectivity index (χ2n) is 2.19. The summed E-state index contributed by atoms with van der Waals surface area (Å²) in [5.74, 6) is 2.34. The average molecular weight is 163 g/mol. The van der Waals surface area contributed by atoms with E-state index in [1.54, 1.807) is 0 Å². The van der Waals surface area contributed by atoms with Crippen LogP contribution in [0.3, 0.4) is 0 Å². The number of hydrogen-bond donors (Lipinski definition) is 2. The fourth-order valence-electron chi connectivity index (χ4n) is 0.603. The van der Waals surface area contributed by atoms with Crippen LogP contribution < -0.4 is 5.73 Å². The van der Waals surface area contributed by atoms with E-state index in [4.69, 9.17) is 10.8 Å². The highest BCUT2D eigenvalue weighted by molar-refractivity contribution is 7.99. The molecule has 0 aliphatic heterocycles. The van der Waals surface area contributed by atoms with E-state index in [2.05, 4.69) is 0 Å². The van der Waals surface area contributed by atoms with Crippen molar-refractivity contribution in [2.45, 2.75) is 19.3 Å². The summed E-state index contributed by atoms with van der Waals surface area (Å²) in [6, 6.07) is 0. The smallest absolute Gasteiger partial charge is 0.0431 e. The third-order valence-corrected chi connectivity index (χ3v) is 2.34. The van der Waals surface area contributed by atoms with Crippen molar-refractivity contribution in [3.63, 3.8) is 0 Å². The Hall–Kier alpha value is 0.270. The Morgan fingerprint density at radius 3 is 2.40 bits per heavy atom. The van der Waals surface area contributed by atoms with Gasteiger partial charge in [0, 0.05) is 6.61 Å². The Bertz CT molecular complexity index is 53.6. The molecule has 0 amide bonds. The van der Waals surface area contributed by atoms with E-state index in [1.807, 2.05) is 11.8 Å². The maximum Gasteiger partial charge on any atom is 0.0431 e. The van der Waals surface area contributed by atoms with Crippen molar-refractivity contribution in [1.82, 2.24) is 0 Å². The van der Waals surface area contributed by atoms with E-state index >= 15 is 0 Å². The zero-order chi connectivity index (χ0) is 7.66. The largest absolute Gasteiger partial charge is 0.396 e. The van der Waals surface area contributed by atoms with E-state index < -0.39 is 0 Å². The molecule has 0 aromatic carbocycles. The van der Waals surface area contributed by atoms with Gasteiger partial charge in [-0.1, -0.05) is 0 Å². The molecule has 0 heterocycles. The van der Waals surface area contributed by atoms with Crippen LogP contribution in [0.2, 0.25) is 0 Å². The van der Waals surface area contributed by atoms with Crippen molar-refractivity contribution in [3.8, 4) is 0 Å². The number of nitrogens with two attached hydrogens (primary N) is 1. The molecule has 0 aromatic rings. The summed E-state index contributed by atoms with van der Waals surface area (Å²) in [4.78, 5) is 0. The van der Waals surface area contributed by atoms with E-state index in [0.29, 0.717) is 6.61 Å². The highest BCUT2D eigenvalue weighted by Crippen LogP contribution is 2.04. The number of aliphatic hydroxyl groups is 1. The highest BCUT2D eigenvalue weighted by atomic mass is 32.2. The Balaban J connectivity index is 2.65. The number of thioether (sulfide) groups is 1. The van der Waals surface area contributed by atoms with Gasteiger partial charge >= 0.3 is 0 Å². The molecule has 0 rings (SSSR count). The molecule has 0 fully saturated rings. The van der Waals surface area contributed by atoms with Crippen molar-refractivity contribution >= 4 is 11.8 Å². The third-order valence-electron chi connectivity index (χ3n) is 1.19. The number of aliphatic hydroxyl groups excluding tert-OH is 1. The maximum absolute atomic E-state index is 8.44. The lowest BCUT2D eigenvalue weighted by molar-refractivity contribution is 0.287. The minimum absolute atomic E-state index is 0.331. The molecule has 3 heteroatoms. The second-order valence-corrected chi connectivity index (χ2v) is 3.41. The van der Waals surface area contributed by atoms with Gasteiger partial charge in [-0.2, -0.15) is 11.8 Å². The summed E-state index contributed by atoms with van der Waals surface area (Å²) in [5.41, 5.74) is 5.32. The lowest BCUT2D eigenvalue weighted by Crippen LogP contribution is -1.99. The highest BCUT2D eigenvalue weighted by Gasteiger charge is 1.88. The Labute approximate surface area is 67.2 Å². The first-order valence-electron chi connectivity index (χ1n) is 3.80. The van der Waals surface area contributed by atoms with Crippen LogP contribution in [0.4, 0.5) is 0 Å². The quantitative estimate of drug-likeness (QED) is 0.547. The zero-order valence-electron chi connectivity index (χ0n) is 6.38. The van der Waals surface area contributed by atoms with Crippen LogP contribution in [0.15, 0.2) is 0 Å². The van der Waals surface area contributed by atoms with E-state index in [9.17, 15) is 0 Å². The van der Waals surface area contributed by atoms with Crippen LogP contribution in [-0.2, 0) is 0 Å². The first kappa shape index (κ1) is 10.3. The van der Waals surface area contributed by atoms with E-state index in [0.717, 1.165) is 25.8 Å². The van der Waals surface area contributed by atoms with E-state index in [1.165, 1.54) is 11.5 Å². The van der Waals surface area contributed by atoms with Crippen LogP contribution in [0, 0.1) is 0 Å². The molecule has 3 N–H and O–H groups in total. The van der Waals surface area contributed by atoms with Crippen LogP contribution in [0.1, 0.15) is 19.3 Å². The Morgan fingerprint density at radius 2 is 1.80 bits per heavy atom. The Kier molecular flexibility index (Phi) is 9.52. The summed E-state index contributed by atoms with van der Waals surface area (Å²) in [6.07, 6.45) is 3.19. The van der Waals surface area contributed by atoms with Gasteiger partial charge in [0.05, 0.1) is 0 Å². The molecular formula is C7H17NOS. The normalized spacial score (nSPS) is 10.2. The van der Waals surface area contributed by atoms with Crippen molar-refractivity contribution in [2.24, 2.45) is 5.73 Å². The minimum atomic E-state index is 0.331. The number of rotatable bonds is 7. The molecular weight excluding hydrogens is 146 g/mol. The Morgan fingerprint density at radius 1 is 1.10 bits per heavy atom. The van der Waals surface area contributed by atoms with Crippen molar-refractivity contribution < 1.29 is 5.11 Å². The summed E-state index contributed by atoms with van der Waals surface area (Å²) < 4.78 is 0.